The highest BCUT2D eigenvalue weighted by Crippen LogP contribution is 2.21. The lowest BCUT2D eigenvalue weighted by molar-refractivity contribution is -0.182. The molecule has 0 atom stereocenters. The molecule has 4 nitrogen and oxygen atoms in total. The highest BCUT2D eigenvalue weighted by atomic mass is 19.4. The van der Waals surface area contributed by atoms with Gasteiger partial charge in [-0.1, -0.05) is 12.1 Å². The number of nitrogens with two attached hydrogens (primary N) is 1. The molecule has 19 heavy (non-hydrogen) atoms. The van der Waals surface area contributed by atoms with E-state index in [0.717, 1.165) is 11.1 Å². The minimum atomic E-state index is -4.33. The number of anilines is 1. The van der Waals surface area contributed by atoms with Crippen molar-refractivity contribution in [2.24, 2.45) is 0 Å². The van der Waals surface area contributed by atoms with E-state index in [1.807, 2.05) is 6.07 Å². The quantitative estimate of drug-likeness (QED) is 0.870. The van der Waals surface area contributed by atoms with E-state index in [1.165, 1.54) is 4.68 Å². The Labute approximate surface area is 107 Å². The van der Waals surface area contributed by atoms with Crippen LogP contribution in [0.2, 0.25) is 0 Å². The molecule has 2 rings (SSSR count). The van der Waals surface area contributed by atoms with E-state index in [0.29, 0.717) is 5.69 Å². The summed E-state index contributed by atoms with van der Waals surface area (Å²) in [6.45, 7) is -1.54. The van der Waals surface area contributed by atoms with Crippen LogP contribution in [-0.4, -0.2) is 22.6 Å². The summed E-state index contributed by atoms with van der Waals surface area (Å²) >= 11 is 0. The molecule has 1 heterocycles. The van der Waals surface area contributed by atoms with E-state index >= 15 is 0 Å². The second-order valence-corrected chi connectivity index (χ2v) is 3.99. The zero-order valence-electron chi connectivity index (χ0n) is 9.89. The highest BCUT2D eigenvalue weighted by molar-refractivity contribution is 5.65. The van der Waals surface area contributed by atoms with Gasteiger partial charge in [0.15, 0.2) is 0 Å². The van der Waals surface area contributed by atoms with Gasteiger partial charge in [-0.3, -0.25) is 0 Å². The first-order valence-electron chi connectivity index (χ1n) is 5.47. The van der Waals surface area contributed by atoms with Crippen molar-refractivity contribution in [2.75, 3.05) is 12.3 Å². The maximum Gasteiger partial charge on any atom is 0.411 e. The first-order valence-corrected chi connectivity index (χ1v) is 5.47. The number of ether oxygens (including phenoxy) is 1. The lowest BCUT2D eigenvalue weighted by Crippen LogP contribution is -2.18. The highest BCUT2D eigenvalue weighted by Gasteiger charge is 2.27. The molecule has 0 fully saturated rings. The normalized spacial score (nSPS) is 11.7. The molecule has 0 saturated carbocycles. The van der Waals surface area contributed by atoms with Crippen molar-refractivity contribution in [2.45, 2.75) is 12.9 Å². The third-order valence-electron chi connectivity index (χ3n) is 2.34. The van der Waals surface area contributed by atoms with E-state index in [2.05, 4.69) is 9.84 Å². The average molecular weight is 271 g/mol. The Bertz CT molecular complexity index is 551. The van der Waals surface area contributed by atoms with Gasteiger partial charge in [-0.2, -0.15) is 18.3 Å². The van der Waals surface area contributed by atoms with E-state index in [-0.39, 0.29) is 6.73 Å². The molecule has 7 heteroatoms. The predicted molar refractivity (Wildman–Crippen MR) is 64.1 cm³/mol. The summed E-state index contributed by atoms with van der Waals surface area (Å²) in [7, 11) is 0. The molecule has 1 aromatic heterocycles. The maximum absolute atomic E-state index is 11.9. The van der Waals surface area contributed by atoms with Crippen molar-refractivity contribution in [1.29, 1.82) is 0 Å². The Morgan fingerprint density at radius 2 is 2.05 bits per heavy atom. The van der Waals surface area contributed by atoms with Crippen LogP contribution in [0, 0.1) is 0 Å². The minimum absolute atomic E-state index is 0.248. The van der Waals surface area contributed by atoms with E-state index < -0.39 is 12.8 Å². The summed E-state index contributed by atoms with van der Waals surface area (Å²) in [5, 5.41) is 3.93. The van der Waals surface area contributed by atoms with Crippen molar-refractivity contribution in [3.8, 4) is 11.1 Å². The number of aromatic nitrogens is 2. The van der Waals surface area contributed by atoms with Crippen molar-refractivity contribution in [1.82, 2.24) is 9.78 Å². The van der Waals surface area contributed by atoms with Crippen LogP contribution < -0.4 is 5.73 Å². The summed E-state index contributed by atoms with van der Waals surface area (Å²) in [5.41, 5.74) is 7.88. The SMILES string of the molecule is Nc1cccc(-c2cnn(COCC(F)(F)F)c2)c1. The number of benzene rings is 1. The van der Waals surface area contributed by atoms with Gasteiger partial charge >= 0.3 is 6.18 Å². The molecule has 1 aromatic carbocycles. The molecule has 2 N–H and O–H groups in total. The third kappa shape index (κ3) is 3.99. The first kappa shape index (κ1) is 13.4. The number of nitrogen functional groups attached to an aromatic ring is 1. The molecular weight excluding hydrogens is 259 g/mol. The van der Waals surface area contributed by atoms with Gasteiger partial charge in [-0.15, -0.1) is 0 Å². The van der Waals surface area contributed by atoms with E-state index in [9.17, 15) is 13.2 Å². The zero-order valence-corrected chi connectivity index (χ0v) is 9.89. The minimum Gasteiger partial charge on any atom is -0.399 e. The summed E-state index contributed by atoms with van der Waals surface area (Å²) in [5.74, 6) is 0. The molecule has 0 saturated heterocycles. The van der Waals surface area contributed by atoms with Gasteiger partial charge in [0.2, 0.25) is 0 Å². The maximum atomic E-state index is 11.9. The van der Waals surface area contributed by atoms with Crippen LogP contribution >= 0.6 is 0 Å². The van der Waals surface area contributed by atoms with Gasteiger partial charge in [0.1, 0.15) is 13.3 Å². The molecular formula is C12H12F3N3O. The van der Waals surface area contributed by atoms with Crippen LogP contribution in [0.5, 0.6) is 0 Å². The Balaban J connectivity index is 1.99. The molecule has 0 amide bonds. The van der Waals surface area contributed by atoms with Crippen LogP contribution in [-0.2, 0) is 11.5 Å². The fraction of sp³-hybridized carbons (Fsp3) is 0.250. The van der Waals surface area contributed by atoms with Gasteiger partial charge in [0.25, 0.3) is 0 Å². The standard InChI is InChI=1S/C12H12F3N3O/c13-12(14,15)7-19-8-18-6-10(5-17-18)9-2-1-3-11(16)4-9/h1-6H,7-8,16H2. The number of halogens is 3. The molecule has 102 valence electrons. The smallest absolute Gasteiger partial charge is 0.399 e. The number of hydrogen-bond donors (Lipinski definition) is 1. The van der Waals surface area contributed by atoms with Gasteiger partial charge < -0.3 is 10.5 Å². The second kappa shape index (κ2) is 5.31. The molecule has 0 aliphatic carbocycles. The molecule has 0 bridgehead atoms. The first-order chi connectivity index (χ1) is 8.94. The molecule has 0 aliphatic heterocycles. The largest absolute Gasteiger partial charge is 0.411 e. The van der Waals surface area contributed by atoms with Crippen LogP contribution in [0.15, 0.2) is 36.7 Å². The number of rotatable bonds is 4. The molecule has 0 spiro atoms. The Morgan fingerprint density at radius 1 is 1.26 bits per heavy atom. The van der Waals surface area contributed by atoms with Gasteiger partial charge in [0.05, 0.1) is 6.20 Å². The summed E-state index contributed by atoms with van der Waals surface area (Å²) in [4.78, 5) is 0. The fourth-order valence-electron chi connectivity index (χ4n) is 1.56. The van der Waals surface area contributed by atoms with Crippen LogP contribution in [0.4, 0.5) is 18.9 Å². The van der Waals surface area contributed by atoms with Crippen LogP contribution in [0.25, 0.3) is 11.1 Å². The van der Waals surface area contributed by atoms with Crippen molar-refractivity contribution in [3.63, 3.8) is 0 Å². The molecule has 0 unspecified atom stereocenters. The van der Waals surface area contributed by atoms with Gasteiger partial charge in [-0.05, 0) is 17.7 Å². The fourth-order valence-corrected chi connectivity index (χ4v) is 1.56. The molecule has 0 radical (unpaired) electrons. The number of alkyl halides is 3. The van der Waals surface area contributed by atoms with Crippen LogP contribution in [0.3, 0.4) is 0 Å². The zero-order chi connectivity index (χ0) is 13.9. The van der Waals surface area contributed by atoms with Gasteiger partial charge in [0, 0.05) is 17.4 Å². The van der Waals surface area contributed by atoms with Crippen molar-refractivity contribution in [3.05, 3.63) is 36.7 Å². The molecule has 0 aliphatic rings. The van der Waals surface area contributed by atoms with Crippen molar-refractivity contribution >= 4 is 5.69 Å². The predicted octanol–water partition coefficient (Wildman–Crippen LogP) is 2.67. The van der Waals surface area contributed by atoms with E-state index in [1.54, 1.807) is 30.6 Å². The Hall–Kier alpha value is -2.02. The summed E-state index contributed by atoms with van der Waals surface area (Å²) in [6, 6.07) is 7.15. The molecule has 2 aromatic rings. The van der Waals surface area contributed by atoms with Gasteiger partial charge in [-0.25, -0.2) is 4.68 Å². The average Bonchev–Trinajstić information content (AvgIpc) is 2.76. The monoisotopic (exact) mass is 271 g/mol. The summed E-state index contributed by atoms with van der Waals surface area (Å²) in [6.07, 6.45) is -1.18. The number of hydrogen-bond acceptors (Lipinski definition) is 3. The Kier molecular flexibility index (Phi) is 3.75. The van der Waals surface area contributed by atoms with Crippen molar-refractivity contribution < 1.29 is 17.9 Å². The van der Waals surface area contributed by atoms with E-state index in [4.69, 9.17) is 5.73 Å². The lowest BCUT2D eigenvalue weighted by Gasteiger charge is -2.07. The summed E-state index contributed by atoms with van der Waals surface area (Å²) < 4.78 is 41.5. The van der Waals surface area contributed by atoms with Crippen LogP contribution in [0.1, 0.15) is 0 Å². The number of nitrogens with zero attached hydrogens (tertiary/aromatic N) is 2. The lowest BCUT2D eigenvalue weighted by atomic mass is 10.1. The topological polar surface area (TPSA) is 53.1 Å². The second-order valence-electron chi connectivity index (χ2n) is 3.99. The Morgan fingerprint density at radius 3 is 2.74 bits per heavy atom. The third-order valence-corrected chi connectivity index (χ3v) is 2.34.